The number of rotatable bonds is 2. The summed E-state index contributed by atoms with van der Waals surface area (Å²) in [5, 5.41) is 19.6. The van der Waals surface area contributed by atoms with Gasteiger partial charge in [-0.15, -0.1) is 0 Å². The molecule has 2 aromatic heterocycles. The molecule has 0 aliphatic heterocycles. The van der Waals surface area contributed by atoms with Crippen molar-refractivity contribution in [2.45, 2.75) is 0 Å². The third kappa shape index (κ3) is 2.41. The van der Waals surface area contributed by atoms with Gasteiger partial charge in [-0.25, -0.2) is 9.97 Å². The molecule has 2 heterocycles. The highest BCUT2D eigenvalue weighted by Crippen LogP contribution is 2.31. The average molecular weight is 321 g/mol. The van der Waals surface area contributed by atoms with E-state index in [4.69, 9.17) is 0 Å². The van der Waals surface area contributed by atoms with Crippen molar-refractivity contribution < 1.29 is 0 Å². The molecule has 5 nitrogen and oxygen atoms in total. The number of aromatic amines is 1. The Morgan fingerprint density at radius 3 is 2.00 bits per heavy atom. The van der Waals surface area contributed by atoms with Gasteiger partial charge in [0, 0.05) is 5.56 Å². The molecule has 0 bridgehead atoms. The molecular weight excluding hydrogens is 310 g/mol. The third-order valence-electron chi connectivity index (χ3n) is 3.96. The van der Waals surface area contributed by atoms with Crippen LogP contribution in [-0.2, 0) is 0 Å². The van der Waals surface area contributed by atoms with Crippen molar-refractivity contribution in [1.29, 1.82) is 10.5 Å². The second-order valence-corrected chi connectivity index (χ2v) is 5.45. The van der Waals surface area contributed by atoms with Crippen molar-refractivity contribution in [1.82, 2.24) is 15.0 Å². The molecule has 0 fully saturated rings. The molecule has 0 saturated carbocycles. The number of nitrogens with one attached hydrogen (secondary N) is 1. The summed E-state index contributed by atoms with van der Waals surface area (Å²) in [5.74, 6) is 0.454. The van der Waals surface area contributed by atoms with Gasteiger partial charge < -0.3 is 4.98 Å². The van der Waals surface area contributed by atoms with Crippen LogP contribution < -0.4 is 0 Å². The monoisotopic (exact) mass is 321 g/mol. The Balaban J connectivity index is 2.03. The van der Waals surface area contributed by atoms with Crippen LogP contribution >= 0.6 is 0 Å². The highest BCUT2D eigenvalue weighted by atomic mass is 15.0. The predicted molar refractivity (Wildman–Crippen MR) is 94.2 cm³/mol. The van der Waals surface area contributed by atoms with E-state index in [2.05, 4.69) is 27.1 Å². The summed E-state index contributed by atoms with van der Waals surface area (Å²) in [6, 6.07) is 23.3. The molecule has 0 aliphatic rings. The molecule has 116 valence electrons. The maximum atomic E-state index is 9.64. The third-order valence-corrected chi connectivity index (χ3v) is 3.96. The van der Waals surface area contributed by atoms with Crippen LogP contribution in [0.25, 0.3) is 33.7 Å². The quantitative estimate of drug-likeness (QED) is 0.603. The fourth-order valence-corrected chi connectivity index (χ4v) is 2.82. The minimum Gasteiger partial charge on any atom is -0.338 e. The highest BCUT2D eigenvalue weighted by molar-refractivity contribution is 5.95. The lowest BCUT2D eigenvalue weighted by atomic mass is 10.1. The first-order valence-corrected chi connectivity index (χ1v) is 7.66. The van der Waals surface area contributed by atoms with Crippen LogP contribution in [0.2, 0.25) is 0 Å². The topological polar surface area (TPSA) is 89.2 Å². The Hall–Kier alpha value is -3.96. The minimum absolute atomic E-state index is 0.193. The van der Waals surface area contributed by atoms with E-state index in [1.54, 1.807) is 0 Å². The molecule has 0 saturated heterocycles. The van der Waals surface area contributed by atoms with Crippen LogP contribution in [-0.4, -0.2) is 15.0 Å². The summed E-state index contributed by atoms with van der Waals surface area (Å²) in [7, 11) is 0. The SMILES string of the molecule is N#Cc1nc(-c2ccccc2)nc2[nH]c(-c3ccccc3)c(C#N)c12. The summed E-state index contributed by atoms with van der Waals surface area (Å²) in [4.78, 5) is 12.1. The van der Waals surface area contributed by atoms with E-state index in [1.165, 1.54) is 0 Å². The molecular formula is C20H11N5. The lowest BCUT2D eigenvalue weighted by Crippen LogP contribution is -1.94. The molecule has 25 heavy (non-hydrogen) atoms. The van der Waals surface area contributed by atoms with Crippen molar-refractivity contribution in [3.63, 3.8) is 0 Å². The minimum atomic E-state index is 0.193. The van der Waals surface area contributed by atoms with Crippen molar-refractivity contribution in [2.75, 3.05) is 0 Å². The second kappa shape index (κ2) is 5.92. The van der Waals surface area contributed by atoms with Crippen molar-refractivity contribution in [3.8, 4) is 34.8 Å². The highest BCUT2D eigenvalue weighted by Gasteiger charge is 2.19. The molecule has 0 unspecified atom stereocenters. The molecule has 0 amide bonds. The number of fused-ring (bicyclic) bond motifs is 1. The summed E-state index contributed by atoms with van der Waals surface area (Å²) >= 11 is 0. The molecule has 4 aromatic rings. The van der Waals surface area contributed by atoms with Crippen LogP contribution in [0.3, 0.4) is 0 Å². The van der Waals surface area contributed by atoms with Gasteiger partial charge in [0.05, 0.1) is 16.6 Å². The van der Waals surface area contributed by atoms with Gasteiger partial charge in [-0.3, -0.25) is 0 Å². The van der Waals surface area contributed by atoms with Gasteiger partial charge in [0.1, 0.15) is 17.8 Å². The molecule has 1 N–H and O–H groups in total. The van der Waals surface area contributed by atoms with Gasteiger partial charge in [-0.2, -0.15) is 10.5 Å². The number of H-pyrrole nitrogens is 1. The zero-order valence-corrected chi connectivity index (χ0v) is 13.1. The normalized spacial score (nSPS) is 10.3. The first kappa shape index (κ1) is 14.6. The van der Waals surface area contributed by atoms with Gasteiger partial charge >= 0.3 is 0 Å². The van der Waals surface area contributed by atoms with E-state index >= 15 is 0 Å². The first-order chi connectivity index (χ1) is 12.3. The molecule has 0 radical (unpaired) electrons. The summed E-state index contributed by atoms with van der Waals surface area (Å²) in [6.45, 7) is 0. The van der Waals surface area contributed by atoms with Crippen molar-refractivity contribution in [2.24, 2.45) is 0 Å². The Bertz CT molecular complexity index is 1150. The summed E-state index contributed by atoms with van der Waals surface area (Å²) in [6.07, 6.45) is 0. The zero-order chi connectivity index (χ0) is 17.2. The number of aromatic nitrogens is 3. The first-order valence-electron chi connectivity index (χ1n) is 7.66. The number of hydrogen-bond acceptors (Lipinski definition) is 4. The molecule has 0 spiro atoms. The van der Waals surface area contributed by atoms with Crippen molar-refractivity contribution >= 4 is 11.0 Å². The van der Waals surface area contributed by atoms with Crippen LogP contribution in [0.1, 0.15) is 11.3 Å². The Kier molecular flexibility index (Phi) is 3.46. The van der Waals surface area contributed by atoms with E-state index in [-0.39, 0.29) is 5.69 Å². The maximum absolute atomic E-state index is 9.64. The molecule has 5 heteroatoms. The van der Waals surface area contributed by atoms with E-state index < -0.39 is 0 Å². The number of nitrogens with zero attached hydrogens (tertiary/aromatic N) is 4. The predicted octanol–water partition coefficient (Wildman–Crippen LogP) is 4.04. The van der Waals surface area contributed by atoms with E-state index in [9.17, 15) is 10.5 Å². The Morgan fingerprint density at radius 2 is 1.40 bits per heavy atom. The van der Waals surface area contributed by atoms with E-state index in [0.717, 1.165) is 11.1 Å². The summed E-state index contributed by atoms with van der Waals surface area (Å²) < 4.78 is 0. The number of nitriles is 2. The van der Waals surface area contributed by atoms with Crippen LogP contribution in [0.15, 0.2) is 60.7 Å². The fraction of sp³-hybridized carbons (Fsp3) is 0. The van der Waals surface area contributed by atoms with Crippen LogP contribution in [0, 0.1) is 22.7 Å². The number of benzene rings is 2. The molecule has 2 aromatic carbocycles. The molecule has 4 rings (SSSR count). The van der Waals surface area contributed by atoms with Gasteiger partial charge in [-0.1, -0.05) is 60.7 Å². The van der Waals surface area contributed by atoms with Gasteiger partial charge in [0.25, 0.3) is 0 Å². The molecule has 0 aliphatic carbocycles. The zero-order valence-electron chi connectivity index (χ0n) is 13.1. The Morgan fingerprint density at radius 1 is 0.760 bits per heavy atom. The second-order valence-electron chi connectivity index (χ2n) is 5.45. The van der Waals surface area contributed by atoms with E-state index in [1.807, 2.05) is 60.7 Å². The van der Waals surface area contributed by atoms with E-state index in [0.29, 0.717) is 28.1 Å². The fourth-order valence-electron chi connectivity index (χ4n) is 2.82. The van der Waals surface area contributed by atoms with Crippen LogP contribution in [0.5, 0.6) is 0 Å². The maximum Gasteiger partial charge on any atom is 0.163 e. The summed E-state index contributed by atoms with van der Waals surface area (Å²) in [5.41, 5.74) is 3.39. The average Bonchev–Trinajstić information content (AvgIpc) is 3.07. The van der Waals surface area contributed by atoms with Gasteiger partial charge in [0.15, 0.2) is 11.5 Å². The number of hydrogen-bond donors (Lipinski definition) is 1. The lowest BCUT2D eigenvalue weighted by molar-refractivity contribution is 1.18. The van der Waals surface area contributed by atoms with Crippen molar-refractivity contribution in [3.05, 3.63) is 71.9 Å². The smallest absolute Gasteiger partial charge is 0.163 e. The molecule has 0 atom stereocenters. The van der Waals surface area contributed by atoms with Gasteiger partial charge in [-0.05, 0) is 5.56 Å². The van der Waals surface area contributed by atoms with Crippen LogP contribution in [0.4, 0.5) is 0 Å². The largest absolute Gasteiger partial charge is 0.338 e. The van der Waals surface area contributed by atoms with Gasteiger partial charge in [0.2, 0.25) is 0 Å². The standard InChI is InChI=1S/C20H11N5/c21-11-15-17-16(12-22)23-19(14-9-5-2-6-10-14)25-20(17)24-18(15)13-7-3-1-4-8-13/h1-10H,(H,23,24,25). The lowest BCUT2D eigenvalue weighted by Gasteiger charge is -2.01. The Labute approximate surface area is 143 Å².